The van der Waals surface area contributed by atoms with Crippen molar-refractivity contribution >= 4 is 5.97 Å². The van der Waals surface area contributed by atoms with E-state index < -0.39 is 53.6 Å². The molecule has 0 radical (unpaired) electrons. The van der Waals surface area contributed by atoms with Crippen LogP contribution in [0.4, 0.5) is 26.3 Å². The van der Waals surface area contributed by atoms with Gasteiger partial charge in [0.2, 0.25) is 0 Å². The molecule has 1 aliphatic heterocycles. The Morgan fingerprint density at radius 2 is 1.54 bits per heavy atom. The van der Waals surface area contributed by atoms with E-state index in [1.807, 2.05) is 0 Å². The molecule has 196 valence electrons. The number of halogens is 6. The van der Waals surface area contributed by atoms with Gasteiger partial charge in [-0.1, -0.05) is 30.3 Å². The molecule has 3 aromatic rings. The maximum Gasteiger partial charge on any atom is 0.491 e. The van der Waals surface area contributed by atoms with Crippen molar-refractivity contribution in [3.05, 3.63) is 101 Å². The highest BCUT2D eigenvalue weighted by Crippen LogP contribution is 2.49. The minimum atomic E-state index is -5.36. The molecule has 0 saturated carbocycles. The monoisotopic (exact) mass is 524 g/mol. The van der Waals surface area contributed by atoms with E-state index in [0.29, 0.717) is 5.56 Å². The SMILES string of the molecule is CN1C(c2cccc(F)c2)C(C)(c2cccc(F)c2)NC1(COc1cccc(F)c1)OC(=O)C(F)(F)F. The van der Waals surface area contributed by atoms with Crippen LogP contribution in [0.3, 0.4) is 0 Å². The quantitative estimate of drug-likeness (QED) is 0.344. The number of hydrogen-bond acceptors (Lipinski definition) is 5. The Morgan fingerprint density at radius 1 is 0.946 bits per heavy atom. The van der Waals surface area contributed by atoms with E-state index >= 15 is 0 Å². The molecule has 4 rings (SSSR count). The number of carbonyl (C=O) groups is 1. The van der Waals surface area contributed by atoms with Crippen LogP contribution in [0.5, 0.6) is 5.75 Å². The third kappa shape index (κ3) is 5.28. The van der Waals surface area contributed by atoms with Crippen molar-refractivity contribution in [1.82, 2.24) is 10.2 Å². The van der Waals surface area contributed by atoms with Gasteiger partial charge in [-0.15, -0.1) is 0 Å². The molecule has 0 aliphatic carbocycles. The molecule has 1 heterocycles. The molecule has 1 saturated heterocycles. The Hall–Kier alpha value is -3.57. The molecule has 3 atom stereocenters. The van der Waals surface area contributed by atoms with Crippen LogP contribution in [0.25, 0.3) is 0 Å². The first kappa shape index (κ1) is 26.5. The summed E-state index contributed by atoms with van der Waals surface area (Å²) >= 11 is 0. The number of rotatable bonds is 6. The predicted octanol–water partition coefficient (Wildman–Crippen LogP) is 5.43. The van der Waals surface area contributed by atoms with Gasteiger partial charge in [-0.05, 0) is 61.5 Å². The second kappa shape index (κ2) is 9.71. The number of nitrogens with one attached hydrogen (secondary N) is 1. The Balaban J connectivity index is 1.85. The first-order chi connectivity index (χ1) is 17.3. The van der Waals surface area contributed by atoms with E-state index in [1.54, 1.807) is 13.0 Å². The summed E-state index contributed by atoms with van der Waals surface area (Å²) in [5.74, 6) is -6.75. The van der Waals surface area contributed by atoms with E-state index in [1.165, 1.54) is 66.5 Å². The lowest BCUT2D eigenvalue weighted by Gasteiger charge is -2.36. The lowest BCUT2D eigenvalue weighted by Crippen LogP contribution is -2.60. The van der Waals surface area contributed by atoms with E-state index in [2.05, 4.69) is 5.32 Å². The summed E-state index contributed by atoms with van der Waals surface area (Å²) in [6.45, 7) is 0.824. The number of benzene rings is 3. The molecule has 3 aromatic carbocycles. The maximum atomic E-state index is 14.3. The number of likely N-dealkylation sites (N-methyl/N-ethyl adjacent to an activating group) is 1. The highest BCUT2D eigenvalue weighted by molar-refractivity contribution is 5.76. The fraction of sp³-hybridized carbons (Fsp3) is 0.269. The van der Waals surface area contributed by atoms with Gasteiger partial charge >= 0.3 is 12.1 Å². The van der Waals surface area contributed by atoms with Crippen LogP contribution in [0.1, 0.15) is 24.1 Å². The highest BCUT2D eigenvalue weighted by atomic mass is 19.4. The number of esters is 1. The summed E-state index contributed by atoms with van der Waals surface area (Å²) in [6.07, 6.45) is -5.36. The van der Waals surface area contributed by atoms with Crippen molar-refractivity contribution in [2.24, 2.45) is 0 Å². The van der Waals surface area contributed by atoms with Crippen molar-refractivity contribution in [2.45, 2.75) is 30.5 Å². The summed E-state index contributed by atoms with van der Waals surface area (Å²) in [7, 11) is 1.35. The van der Waals surface area contributed by atoms with Crippen molar-refractivity contribution in [2.75, 3.05) is 13.7 Å². The lowest BCUT2D eigenvalue weighted by molar-refractivity contribution is -0.236. The fourth-order valence-electron chi connectivity index (χ4n) is 4.65. The largest absolute Gasteiger partial charge is 0.491 e. The minimum absolute atomic E-state index is 0.0423. The van der Waals surface area contributed by atoms with Gasteiger partial charge in [0.15, 0.2) is 6.61 Å². The minimum Gasteiger partial charge on any atom is -0.486 e. The van der Waals surface area contributed by atoms with Gasteiger partial charge in [-0.3, -0.25) is 5.32 Å². The smallest absolute Gasteiger partial charge is 0.486 e. The predicted molar refractivity (Wildman–Crippen MR) is 121 cm³/mol. The van der Waals surface area contributed by atoms with Crippen molar-refractivity contribution in [1.29, 1.82) is 0 Å². The van der Waals surface area contributed by atoms with E-state index in [-0.39, 0.29) is 11.3 Å². The van der Waals surface area contributed by atoms with E-state index in [9.17, 15) is 31.1 Å². The molecular weight excluding hydrogens is 502 g/mol. The van der Waals surface area contributed by atoms with E-state index in [4.69, 9.17) is 9.47 Å². The number of nitrogens with zero attached hydrogens (tertiary/aromatic N) is 1. The summed E-state index contributed by atoms with van der Waals surface area (Å²) in [6, 6.07) is 14.5. The molecule has 11 heteroatoms. The van der Waals surface area contributed by atoms with Gasteiger partial charge in [0.05, 0.1) is 11.6 Å². The highest BCUT2D eigenvalue weighted by Gasteiger charge is 2.61. The Kier molecular flexibility index (Phi) is 6.95. The molecule has 0 spiro atoms. The van der Waals surface area contributed by atoms with Crippen LogP contribution >= 0.6 is 0 Å². The summed E-state index contributed by atoms with van der Waals surface area (Å²) in [5.41, 5.74) is -0.844. The maximum absolute atomic E-state index is 14.3. The van der Waals surface area contributed by atoms with Gasteiger partial charge in [-0.25, -0.2) is 22.9 Å². The summed E-state index contributed by atoms with van der Waals surface area (Å²) in [5, 5.41) is 2.91. The number of carbonyl (C=O) groups excluding carboxylic acids is 1. The number of ether oxygens (including phenoxy) is 2. The van der Waals surface area contributed by atoms with Crippen LogP contribution in [-0.2, 0) is 15.1 Å². The van der Waals surface area contributed by atoms with Crippen LogP contribution in [0.2, 0.25) is 0 Å². The second-order valence-electron chi connectivity index (χ2n) is 8.82. The molecular formula is C26H22F6N2O3. The van der Waals surface area contributed by atoms with Gasteiger partial charge in [0.25, 0.3) is 5.85 Å². The Bertz CT molecular complexity index is 1300. The molecule has 1 aliphatic rings. The van der Waals surface area contributed by atoms with Gasteiger partial charge < -0.3 is 9.47 Å². The average Bonchev–Trinajstić information content (AvgIpc) is 3.04. The molecule has 0 amide bonds. The van der Waals surface area contributed by atoms with Crippen molar-refractivity contribution in [3.8, 4) is 5.75 Å². The second-order valence-corrected chi connectivity index (χ2v) is 8.82. The van der Waals surface area contributed by atoms with Gasteiger partial charge in [0.1, 0.15) is 23.2 Å². The average molecular weight is 524 g/mol. The first-order valence-electron chi connectivity index (χ1n) is 11.1. The van der Waals surface area contributed by atoms with E-state index in [0.717, 1.165) is 12.1 Å². The zero-order chi connectivity index (χ0) is 27.0. The zero-order valence-corrected chi connectivity index (χ0v) is 19.7. The van der Waals surface area contributed by atoms with Gasteiger partial charge in [0, 0.05) is 6.07 Å². The fourth-order valence-corrected chi connectivity index (χ4v) is 4.65. The topological polar surface area (TPSA) is 50.8 Å². The zero-order valence-electron chi connectivity index (χ0n) is 19.7. The van der Waals surface area contributed by atoms with Crippen LogP contribution in [0.15, 0.2) is 72.8 Å². The normalized spacial score (nSPS) is 24.2. The lowest BCUT2D eigenvalue weighted by atomic mass is 9.82. The molecule has 3 unspecified atom stereocenters. The molecule has 1 N–H and O–H groups in total. The molecule has 5 nitrogen and oxygen atoms in total. The molecule has 1 fully saturated rings. The van der Waals surface area contributed by atoms with Crippen molar-refractivity contribution in [3.63, 3.8) is 0 Å². The number of hydrogen-bond donors (Lipinski definition) is 1. The third-order valence-corrected chi connectivity index (χ3v) is 6.27. The molecule has 0 aromatic heterocycles. The standard InChI is InChI=1S/C26H22F6N2O3/c1-24(17-7-4-9-19(28)13-17)22(16-6-3-8-18(27)12-16)34(2)25(33-24,37-23(35)26(30,31)32)15-36-21-11-5-10-20(29)14-21/h3-14,22,33H,15H2,1-2H3. The summed E-state index contributed by atoms with van der Waals surface area (Å²) in [4.78, 5) is 13.3. The summed E-state index contributed by atoms with van der Waals surface area (Å²) < 4.78 is 92.8. The van der Waals surface area contributed by atoms with Crippen molar-refractivity contribution < 1.29 is 40.6 Å². The van der Waals surface area contributed by atoms with Crippen LogP contribution in [-0.4, -0.2) is 36.5 Å². The third-order valence-electron chi connectivity index (χ3n) is 6.27. The molecule has 37 heavy (non-hydrogen) atoms. The molecule has 0 bridgehead atoms. The number of alkyl halides is 3. The first-order valence-corrected chi connectivity index (χ1v) is 11.1. The van der Waals surface area contributed by atoms with Gasteiger partial charge in [-0.2, -0.15) is 13.2 Å². The Morgan fingerprint density at radius 3 is 2.14 bits per heavy atom. The van der Waals surface area contributed by atoms with Crippen LogP contribution < -0.4 is 10.1 Å². The van der Waals surface area contributed by atoms with Crippen LogP contribution in [0, 0.1) is 17.5 Å². The Labute approximate surface area is 208 Å².